The van der Waals surface area contributed by atoms with Gasteiger partial charge in [0.2, 0.25) is 11.9 Å². The Morgan fingerprint density at radius 1 is 1.05 bits per heavy atom. The molecule has 1 fully saturated rings. The highest BCUT2D eigenvalue weighted by Gasteiger charge is 2.54. The molecule has 5 heterocycles. The van der Waals surface area contributed by atoms with Gasteiger partial charge in [0.1, 0.15) is 17.3 Å². The van der Waals surface area contributed by atoms with Gasteiger partial charge in [-0.2, -0.15) is 22.0 Å². The molecule has 0 bridgehead atoms. The second-order valence-electron chi connectivity index (χ2n) is 9.89. The number of imidazole rings is 1. The fraction of sp³-hybridized carbons (Fsp3) is 0.192. The molecular formula is C26H16ClF5N8O. The molecule has 3 N–H and O–H groups in total. The third kappa shape index (κ3) is 4.08. The van der Waals surface area contributed by atoms with Gasteiger partial charge in [0, 0.05) is 28.3 Å². The number of alkyl halides is 3. The Morgan fingerprint density at radius 3 is 2.59 bits per heavy atom. The summed E-state index contributed by atoms with van der Waals surface area (Å²) in [5, 5.41) is 7.13. The van der Waals surface area contributed by atoms with Gasteiger partial charge in [-0.25, -0.2) is 14.6 Å². The van der Waals surface area contributed by atoms with Crippen molar-refractivity contribution in [3.63, 3.8) is 0 Å². The summed E-state index contributed by atoms with van der Waals surface area (Å²) in [4.78, 5) is 23.9. The first-order valence-corrected chi connectivity index (χ1v) is 12.6. The number of aromatic amines is 1. The lowest BCUT2D eigenvalue weighted by Gasteiger charge is -2.17. The number of anilines is 1. The molecule has 15 heteroatoms. The second kappa shape index (κ2) is 8.70. The average Bonchev–Trinajstić information content (AvgIpc) is 3.21. The highest BCUT2D eigenvalue weighted by molar-refractivity contribution is 6.31. The van der Waals surface area contributed by atoms with Crippen LogP contribution in [-0.2, 0) is 6.18 Å². The number of nitrogens with two attached hydrogens (primary N) is 1. The summed E-state index contributed by atoms with van der Waals surface area (Å²) < 4.78 is 71.3. The molecule has 3 unspecified atom stereocenters. The largest absolute Gasteiger partial charge is 0.436 e. The molecule has 3 atom stereocenters. The molecule has 9 nitrogen and oxygen atoms in total. The third-order valence-corrected chi connectivity index (χ3v) is 7.62. The first kappa shape index (κ1) is 25.4. The molecule has 5 aromatic rings. The highest BCUT2D eigenvalue weighted by atomic mass is 35.5. The third-order valence-electron chi connectivity index (χ3n) is 7.39. The van der Waals surface area contributed by atoms with E-state index in [2.05, 4.69) is 25.3 Å². The van der Waals surface area contributed by atoms with Crippen molar-refractivity contribution in [2.45, 2.75) is 24.6 Å². The van der Waals surface area contributed by atoms with Crippen LogP contribution in [0.15, 0.2) is 53.5 Å². The maximum atomic E-state index is 14.9. The SMILES string of the molecule is Nc1ccc(-c2nc(C3C4CC4c4cc(-c5cc(Cl)ccc5-n5cc(C(F)(F)F)nn5)cc(=O)n43)[nH]c2F)c(F)n1. The van der Waals surface area contributed by atoms with Crippen LogP contribution in [0.2, 0.25) is 5.02 Å². The van der Waals surface area contributed by atoms with Gasteiger partial charge in [0.05, 0.1) is 23.5 Å². The van der Waals surface area contributed by atoms with Crippen LogP contribution >= 0.6 is 11.6 Å². The standard InChI is InChI=1S/C26H16ClF5N8O/c27-11-1-3-16(39-9-18(37-38-39)26(30,31)32)13(7-11)10-5-17-14-8-15(14)22(40(17)20(41)6-10)25-35-21(24(29)36-25)12-2-4-19(33)34-23(12)28/h1-7,9,14-15,22H,8H2,(H2,33,34)(H,35,36). The van der Waals surface area contributed by atoms with Gasteiger partial charge in [-0.3, -0.25) is 4.79 Å². The number of nitrogens with zero attached hydrogens (tertiary/aromatic N) is 6. The Balaban J connectivity index is 1.31. The van der Waals surface area contributed by atoms with E-state index in [1.54, 1.807) is 6.07 Å². The first-order valence-electron chi connectivity index (χ1n) is 12.2. The fourth-order valence-corrected chi connectivity index (χ4v) is 5.69. The minimum absolute atomic E-state index is 0.0370. The number of pyridine rings is 2. The van der Waals surface area contributed by atoms with Crippen LogP contribution in [0.25, 0.3) is 28.1 Å². The monoisotopic (exact) mass is 586 g/mol. The lowest BCUT2D eigenvalue weighted by atomic mass is 10.0. The van der Waals surface area contributed by atoms with Crippen LogP contribution in [-0.4, -0.2) is 34.5 Å². The van der Waals surface area contributed by atoms with Crippen molar-refractivity contribution in [2.75, 3.05) is 5.73 Å². The predicted octanol–water partition coefficient (Wildman–Crippen LogP) is 5.12. The lowest BCUT2D eigenvalue weighted by molar-refractivity contribution is -0.141. The zero-order valence-corrected chi connectivity index (χ0v) is 21.3. The van der Waals surface area contributed by atoms with E-state index in [0.717, 1.165) is 10.9 Å². The molecule has 41 heavy (non-hydrogen) atoms. The van der Waals surface area contributed by atoms with Crippen molar-refractivity contribution in [3.05, 3.63) is 93.1 Å². The molecule has 0 spiro atoms. The molecule has 0 amide bonds. The van der Waals surface area contributed by atoms with E-state index in [-0.39, 0.29) is 40.4 Å². The van der Waals surface area contributed by atoms with Gasteiger partial charge >= 0.3 is 6.18 Å². The fourth-order valence-electron chi connectivity index (χ4n) is 5.52. The zero-order valence-electron chi connectivity index (χ0n) is 20.5. The number of fused-ring (bicyclic) bond motifs is 3. The van der Waals surface area contributed by atoms with Crippen molar-refractivity contribution in [1.29, 1.82) is 0 Å². The number of H-pyrrole nitrogens is 1. The normalized spacial score (nSPS) is 19.3. The smallest absolute Gasteiger partial charge is 0.384 e. The van der Waals surface area contributed by atoms with Crippen molar-refractivity contribution in [2.24, 2.45) is 5.92 Å². The van der Waals surface area contributed by atoms with E-state index < -0.39 is 35.4 Å². The van der Waals surface area contributed by atoms with E-state index in [0.29, 0.717) is 28.3 Å². The van der Waals surface area contributed by atoms with Crippen LogP contribution in [0.1, 0.15) is 35.6 Å². The number of rotatable bonds is 4. The molecular weight excluding hydrogens is 571 g/mol. The Kier molecular flexibility index (Phi) is 5.39. The highest BCUT2D eigenvalue weighted by Crippen LogP contribution is 2.60. The van der Waals surface area contributed by atoms with Gasteiger partial charge in [-0.1, -0.05) is 16.8 Å². The number of nitrogen functional groups attached to an aromatic ring is 1. The minimum atomic E-state index is -4.69. The molecule has 1 aliphatic carbocycles. The summed E-state index contributed by atoms with van der Waals surface area (Å²) in [6, 6.07) is 9.55. The first-order chi connectivity index (χ1) is 19.5. The van der Waals surface area contributed by atoms with E-state index >= 15 is 0 Å². The number of hydrogen-bond acceptors (Lipinski definition) is 6. The summed E-state index contributed by atoms with van der Waals surface area (Å²) >= 11 is 6.22. The Labute approximate surface area is 231 Å². The summed E-state index contributed by atoms with van der Waals surface area (Å²) in [6.07, 6.45) is -3.24. The number of aromatic nitrogens is 7. The van der Waals surface area contributed by atoms with Crippen molar-refractivity contribution < 1.29 is 22.0 Å². The topological polar surface area (TPSA) is 120 Å². The molecule has 1 saturated carbocycles. The van der Waals surface area contributed by atoms with E-state index in [9.17, 15) is 26.7 Å². The molecule has 0 saturated heterocycles. The van der Waals surface area contributed by atoms with Crippen LogP contribution in [0.3, 0.4) is 0 Å². The second-order valence-corrected chi connectivity index (χ2v) is 10.3. The van der Waals surface area contributed by atoms with Gasteiger partial charge in [0.25, 0.3) is 5.56 Å². The quantitative estimate of drug-likeness (QED) is 0.223. The lowest BCUT2D eigenvalue weighted by Crippen LogP contribution is -2.26. The van der Waals surface area contributed by atoms with Gasteiger partial charge in [-0.05, 0) is 54.3 Å². The average molecular weight is 587 g/mol. The maximum Gasteiger partial charge on any atom is 0.436 e. The van der Waals surface area contributed by atoms with Crippen LogP contribution in [0, 0.1) is 17.8 Å². The molecule has 208 valence electrons. The van der Waals surface area contributed by atoms with E-state index in [1.807, 2.05) is 0 Å². The number of nitrogens with one attached hydrogen (secondary N) is 1. The molecule has 2 aliphatic rings. The summed E-state index contributed by atoms with van der Waals surface area (Å²) in [6.45, 7) is 0. The minimum Gasteiger partial charge on any atom is -0.384 e. The maximum absolute atomic E-state index is 14.9. The zero-order chi connectivity index (χ0) is 28.8. The Bertz CT molecular complexity index is 1930. The van der Waals surface area contributed by atoms with Gasteiger partial charge < -0.3 is 15.3 Å². The van der Waals surface area contributed by atoms with Crippen LogP contribution in [0.4, 0.5) is 27.8 Å². The Hall–Kier alpha value is -4.59. The van der Waals surface area contributed by atoms with Crippen LogP contribution in [0.5, 0.6) is 0 Å². The summed E-state index contributed by atoms with van der Waals surface area (Å²) in [5.74, 6) is -1.87. The predicted molar refractivity (Wildman–Crippen MR) is 136 cm³/mol. The van der Waals surface area contributed by atoms with E-state index in [4.69, 9.17) is 17.3 Å². The molecule has 1 aromatic carbocycles. The van der Waals surface area contributed by atoms with Gasteiger partial charge in [0.15, 0.2) is 5.69 Å². The molecule has 1 aliphatic heterocycles. The van der Waals surface area contributed by atoms with Crippen molar-refractivity contribution in [1.82, 2.24) is 34.5 Å². The van der Waals surface area contributed by atoms with E-state index in [1.165, 1.54) is 41.0 Å². The number of halogens is 6. The van der Waals surface area contributed by atoms with Crippen LogP contribution < -0.4 is 11.3 Å². The van der Waals surface area contributed by atoms with Crippen molar-refractivity contribution in [3.8, 4) is 28.1 Å². The number of benzene rings is 1. The molecule has 4 aromatic heterocycles. The summed E-state index contributed by atoms with van der Waals surface area (Å²) in [7, 11) is 0. The van der Waals surface area contributed by atoms with Crippen molar-refractivity contribution >= 4 is 17.4 Å². The molecule has 7 rings (SSSR count). The Morgan fingerprint density at radius 2 is 1.85 bits per heavy atom. The summed E-state index contributed by atoms with van der Waals surface area (Å²) in [5.41, 5.74) is 5.10. The molecule has 0 radical (unpaired) electrons. The number of hydrogen-bond donors (Lipinski definition) is 2. The van der Waals surface area contributed by atoms with Gasteiger partial charge in [-0.15, -0.1) is 5.10 Å².